The summed E-state index contributed by atoms with van der Waals surface area (Å²) in [5.74, 6) is 1.53. The predicted molar refractivity (Wildman–Crippen MR) is 32.4 cm³/mol. The van der Waals surface area contributed by atoms with Crippen LogP contribution in [0.4, 0.5) is 0 Å². The van der Waals surface area contributed by atoms with E-state index in [-0.39, 0.29) is 0 Å². The maximum absolute atomic E-state index is 8.44. The fourth-order valence-electron chi connectivity index (χ4n) is 1.02. The van der Waals surface area contributed by atoms with E-state index in [1.807, 2.05) is 0 Å². The molecule has 0 aliphatic carbocycles. The van der Waals surface area contributed by atoms with Crippen LogP contribution in [-0.4, -0.2) is 36.2 Å². The van der Waals surface area contributed by atoms with E-state index in [0.29, 0.717) is 6.61 Å². The van der Waals surface area contributed by atoms with Crippen molar-refractivity contribution in [1.29, 1.82) is 0 Å². The lowest BCUT2D eigenvalue weighted by Crippen LogP contribution is -2.44. The Hall–Kier alpha value is -0.0800. The number of aliphatic hydroxyl groups is 1. The third-order valence-electron chi connectivity index (χ3n) is 1.40. The van der Waals surface area contributed by atoms with Crippen LogP contribution in [-0.2, 0) is 0 Å². The van der Waals surface area contributed by atoms with Crippen LogP contribution in [0.1, 0.15) is 6.92 Å². The number of hydrogen-bond acceptors (Lipinski definition) is 2. The maximum Gasteiger partial charge on any atom is 0.0558 e. The molecule has 2 heteroatoms. The van der Waals surface area contributed by atoms with Crippen molar-refractivity contribution in [2.45, 2.75) is 6.92 Å². The number of nitrogens with zero attached hydrogens (tertiary/aromatic N) is 1. The van der Waals surface area contributed by atoms with Gasteiger partial charge in [0.15, 0.2) is 0 Å². The second-order valence-corrected chi connectivity index (χ2v) is 2.39. The molecule has 1 saturated heterocycles. The second kappa shape index (κ2) is 2.46. The van der Waals surface area contributed by atoms with Gasteiger partial charge in [-0.1, -0.05) is 6.92 Å². The number of aliphatic hydroxyl groups excluding tert-OH is 1. The summed E-state index contributed by atoms with van der Waals surface area (Å²) in [6.45, 7) is 5.49. The van der Waals surface area contributed by atoms with Crippen LogP contribution in [0.15, 0.2) is 0 Å². The largest absolute Gasteiger partial charge is 0.395 e. The molecule has 1 aliphatic heterocycles. The van der Waals surface area contributed by atoms with Crippen molar-refractivity contribution in [3.05, 3.63) is 5.92 Å². The highest BCUT2D eigenvalue weighted by atomic mass is 16.3. The predicted octanol–water partition coefficient (Wildman–Crippen LogP) is -0.111. The van der Waals surface area contributed by atoms with Crippen molar-refractivity contribution in [2.24, 2.45) is 0 Å². The molecule has 0 bridgehead atoms. The molecule has 0 atom stereocenters. The molecule has 8 heavy (non-hydrogen) atoms. The summed E-state index contributed by atoms with van der Waals surface area (Å²) in [6.07, 6.45) is 0. The molecule has 0 saturated carbocycles. The molecule has 1 aliphatic rings. The van der Waals surface area contributed by atoms with Gasteiger partial charge in [-0.05, 0) is 0 Å². The van der Waals surface area contributed by atoms with Crippen LogP contribution in [0.25, 0.3) is 0 Å². The Morgan fingerprint density at radius 1 is 1.62 bits per heavy atom. The lowest BCUT2D eigenvalue weighted by molar-refractivity contribution is 0.159. The molecule has 1 fully saturated rings. The minimum Gasteiger partial charge on any atom is -0.395 e. The normalized spacial score (nSPS) is 23.2. The van der Waals surface area contributed by atoms with Gasteiger partial charge in [0, 0.05) is 25.6 Å². The van der Waals surface area contributed by atoms with Crippen LogP contribution in [0.2, 0.25) is 0 Å². The fraction of sp³-hybridized carbons (Fsp3) is 0.833. The summed E-state index contributed by atoms with van der Waals surface area (Å²) in [7, 11) is 0. The highest BCUT2D eigenvalue weighted by molar-refractivity contribution is 5.00. The Bertz CT molecular complexity index is 66.2. The van der Waals surface area contributed by atoms with E-state index in [9.17, 15) is 0 Å². The lowest BCUT2D eigenvalue weighted by Gasteiger charge is -2.35. The van der Waals surface area contributed by atoms with Crippen LogP contribution >= 0.6 is 0 Å². The van der Waals surface area contributed by atoms with Crippen molar-refractivity contribution in [3.63, 3.8) is 0 Å². The quantitative estimate of drug-likeness (QED) is 0.541. The van der Waals surface area contributed by atoms with Crippen LogP contribution < -0.4 is 0 Å². The summed E-state index contributed by atoms with van der Waals surface area (Å²) >= 11 is 0. The van der Waals surface area contributed by atoms with Crippen molar-refractivity contribution in [1.82, 2.24) is 4.90 Å². The Morgan fingerprint density at radius 2 is 2.25 bits per heavy atom. The molecule has 1 radical (unpaired) electrons. The van der Waals surface area contributed by atoms with Gasteiger partial charge in [0.1, 0.15) is 0 Å². The van der Waals surface area contributed by atoms with Gasteiger partial charge >= 0.3 is 0 Å². The highest BCUT2D eigenvalue weighted by Gasteiger charge is 2.21. The molecular formula is C6H12NO. The van der Waals surface area contributed by atoms with E-state index < -0.39 is 0 Å². The average molecular weight is 114 g/mol. The third kappa shape index (κ3) is 1.20. The van der Waals surface area contributed by atoms with Gasteiger partial charge in [-0.3, -0.25) is 4.90 Å². The SMILES string of the molecule is C[C]1CN(CCO)C1. The number of hydrogen-bond donors (Lipinski definition) is 1. The molecule has 0 amide bonds. The van der Waals surface area contributed by atoms with Gasteiger partial charge in [0.2, 0.25) is 0 Å². The molecule has 0 aromatic carbocycles. The first-order valence-corrected chi connectivity index (χ1v) is 2.97. The summed E-state index contributed by atoms with van der Waals surface area (Å²) in [6, 6.07) is 0. The van der Waals surface area contributed by atoms with Gasteiger partial charge in [-0.25, -0.2) is 0 Å². The molecule has 47 valence electrons. The van der Waals surface area contributed by atoms with Crippen molar-refractivity contribution in [2.75, 3.05) is 26.2 Å². The summed E-state index contributed by atoms with van der Waals surface area (Å²) in [4.78, 5) is 2.22. The lowest BCUT2D eigenvalue weighted by atomic mass is 10.0. The topological polar surface area (TPSA) is 23.5 Å². The zero-order chi connectivity index (χ0) is 5.98. The van der Waals surface area contributed by atoms with E-state index in [2.05, 4.69) is 11.8 Å². The molecule has 0 unspecified atom stereocenters. The molecule has 2 nitrogen and oxygen atoms in total. The first-order chi connectivity index (χ1) is 3.83. The van der Waals surface area contributed by atoms with Gasteiger partial charge in [0.05, 0.1) is 6.61 Å². The zero-order valence-electron chi connectivity index (χ0n) is 5.22. The van der Waals surface area contributed by atoms with E-state index in [4.69, 9.17) is 5.11 Å². The first kappa shape index (κ1) is 6.05. The van der Waals surface area contributed by atoms with E-state index in [1.54, 1.807) is 0 Å². The molecule has 0 aromatic rings. The number of β-amino-alcohol motifs (C(OH)–C–C–N with tert-alkyl or cyclic N) is 1. The zero-order valence-corrected chi connectivity index (χ0v) is 5.22. The van der Waals surface area contributed by atoms with Crippen LogP contribution in [0, 0.1) is 5.92 Å². The van der Waals surface area contributed by atoms with Gasteiger partial charge in [-0.2, -0.15) is 0 Å². The molecule has 0 spiro atoms. The van der Waals surface area contributed by atoms with Crippen molar-refractivity contribution >= 4 is 0 Å². The van der Waals surface area contributed by atoms with Crippen molar-refractivity contribution in [3.8, 4) is 0 Å². The number of likely N-dealkylation sites (tertiary alicyclic amines) is 1. The second-order valence-electron chi connectivity index (χ2n) is 2.39. The molecule has 1 heterocycles. The van der Waals surface area contributed by atoms with Gasteiger partial charge in [0.25, 0.3) is 0 Å². The van der Waals surface area contributed by atoms with E-state index in [0.717, 1.165) is 19.6 Å². The van der Waals surface area contributed by atoms with Crippen molar-refractivity contribution < 1.29 is 5.11 Å². The summed E-state index contributed by atoms with van der Waals surface area (Å²) in [5.41, 5.74) is 0. The Morgan fingerprint density at radius 3 is 2.62 bits per heavy atom. The number of rotatable bonds is 2. The monoisotopic (exact) mass is 114 g/mol. The minimum atomic E-state index is 0.299. The highest BCUT2D eigenvalue weighted by Crippen LogP contribution is 2.14. The molecule has 1 N–H and O–H groups in total. The minimum absolute atomic E-state index is 0.299. The molecule has 1 rings (SSSR count). The standard InChI is InChI=1S/C6H12NO/c1-6-4-7(5-6)2-3-8/h8H,2-5H2,1H3. The smallest absolute Gasteiger partial charge is 0.0558 e. The summed E-state index contributed by atoms with van der Waals surface area (Å²) < 4.78 is 0. The third-order valence-corrected chi connectivity index (χ3v) is 1.40. The van der Waals surface area contributed by atoms with E-state index >= 15 is 0 Å². The fourth-order valence-corrected chi connectivity index (χ4v) is 1.02. The Kier molecular flexibility index (Phi) is 1.86. The summed E-state index contributed by atoms with van der Waals surface area (Å²) in [5, 5.41) is 8.44. The molecule has 0 aromatic heterocycles. The molecular weight excluding hydrogens is 102 g/mol. The Labute approximate surface area is 50.1 Å². The van der Waals surface area contributed by atoms with Gasteiger partial charge < -0.3 is 5.11 Å². The average Bonchev–Trinajstić information content (AvgIpc) is 1.64. The Balaban J connectivity index is 1.98. The van der Waals surface area contributed by atoms with Gasteiger partial charge in [-0.15, -0.1) is 0 Å². The van der Waals surface area contributed by atoms with Crippen LogP contribution in [0.3, 0.4) is 0 Å². The van der Waals surface area contributed by atoms with E-state index in [1.165, 1.54) is 5.92 Å². The van der Waals surface area contributed by atoms with Crippen LogP contribution in [0.5, 0.6) is 0 Å². The first-order valence-electron chi connectivity index (χ1n) is 2.97. The maximum atomic E-state index is 8.44.